The molecule has 3 aromatic heterocycles. The molecule has 1 fully saturated rings. The quantitative estimate of drug-likeness (QED) is 0.174. The van der Waals surface area contributed by atoms with Crippen LogP contribution in [0.5, 0.6) is 0 Å². The van der Waals surface area contributed by atoms with Crippen molar-refractivity contribution in [2.24, 2.45) is 0 Å². The van der Waals surface area contributed by atoms with Crippen molar-refractivity contribution in [2.75, 3.05) is 0 Å². The summed E-state index contributed by atoms with van der Waals surface area (Å²) in [4.78, 5) is 14.0. The summed E-state index contributed by atoms with van der Waals surface area (Å²) in [7, 11) is 0. The van der Waals surface area contributed by atoms with Gasteiger partial charge in [-0.25, -0.2) is 4.98 Å². The van der Waals surface area contributed by atoms with Crippen LogP contribution in [0.4, 0.5) is 0 Å². The van der Waals surface area contributed by atoms with Crippen LogP contribution >= 0.6 is 0 Å². The molecule has 0 saturated heterocycles. The number of hydrogen-bond donors (Lipinski definition) is 0. The van der Waals surface area contributed by atoms with Crippen molar-refractivity contribution in [1.82, 2.24) is 15.0 Å². The summed E-state index contributed by atoms with van der Waals surface area (Å²) in [5.41, 5.74) is 19.4. The third-order valence-corrected chi connectivity index (χ3v) is 11.7. The molecular weight excluding hydrogens is 655 g/mol. The Kier molecular flexibility index (Phi) is 8.06. The second-order valence-corrected chi connectivity index (χ2v) is 14.7. The average molecular weight is 694 g/mol. The van der Waals surface area contributed by atoms with Crippen LogP contribution in [0.25, 0.3) is 78.3 Å². The van der Waals surface area contributed by atoms with Gasteiger partial charge >= 0.3 is 0 Å². The molecule has 3 heteroatoms. The molecule has 1 spiro atoms. The summed E-state index contributed by atoms with van der Waals surface area (Å²) in [5.74, 6) is 0. The Hall–Kier alpha value is -6.45. The average Bonchev–Trinajstić information content (AvgIpc) is 3.53. The summed E-state index contributed by atoms with van der Waals surface area (Å²) in [6.07, 6.45) is 11.9. The van der Waals surface area contributed by atoms with Crippen LogP contribution in [0.1, 0.15) is 43.2 Å². The van der Waals surface area contributed by atoms with E-state index in [0.29, 0.717) is 0 Å². The number of fused-ring (bicyclic) bond motifs is 5. The number of pyridine rings is 3. The minimum absolute atomic E-state index is 0.135. The van der Waals surface area contributed by atoms with Crippen molar-refractivity contribution < 1.29 is 0 Å². The molecule has 0 radical (unpaired) electrons. The second-order valence-electron chi connectivity index (χ2n) is 14.7. The molecule has 0 atom stereocenters. The van der Waals surface area contributed by atoms with Gasteiger partial charge in [0, 0.05) is 35.1 Å². The fourth-order valence-electron chi connectivity index (χ4n) is 9.03. The molecule has 0 aliphatic heterocycles. The van der Waals surface area contributed by atoms with Crippen LogP contribution in [0.2, 0.25) is 0 Å². The molecule has 2 aliphatic carbocycles. The standard InChI is InChI=1S/C51H39N3/c1-5-28-51(29-6-1)46-14-3-2-11-44(46)45-13-8-12-43(50(45)51)39-24-20-37(21-25-39)35-16-18-36(19-17-35)38-22-26-40(27-23-38)48-32-42(41-10-9-30-52-34-41)33-49(54-48)47-15-4-7-31-53-47/h2-4,7-27,30-34H,1,5-6,28-29H2. The van der Waals surface area contributed by atoms with Gasteiger partial charge in [-0.2, -0.15) is 0 Å². The van der Waals surface area contributed by atoms with Gasteiger partial charge < -0.3 is 0 Å². The molecule has 8 aromatic rings. The minimum atomic E-state index is 0.135. The Morgan fingerprint density at radius 2 is 1.00 bits per heavy atom. The summed E-state index contributed by atoms with van der Waals surface area (Å²) < 4.78 is 0. The monoisotopic (exact) mass is 693 g/mol. The van der Waals surface area contributed by atoms with E-state index in [1.54, 1.807) is 17.3 Å². The van der Waals surface area contributed by atoms with Gasteiger partial charge in [-0.15, -0.1) is 0 Å². The lowest BCUT2D eigenvalue weighted by molar-refractivity contribution is 0.353. The van der Waals surface area contributed by atoms with E-state index in [-0.39, 0.29) is 5.41 Å². The van der Waals surface area contributed by atoms with E-state index < -0.39 is 0 Å². The van der Waals surface area contributed by atoms with Gasteiger partial charge in [-0.3, -0.25) is 9.97 Å². The van der Waals surface area contributed by atoms with Crippen molar-refractivity contribution in [3.8, 4) is 78.3 Å². The molecule has 258 valence electrons. The zero-order valence-electron chi connectivity index (χ0n) is 30.1. The Balaban J connectivity index is 0.917. The Bertz CT molecular complexity index is 2530. The first-order valence-electron chi connectivity index (χ1n) is 19.1. The SMILES string of the molecule is c1ccc(-c2cc(-c3cccnc3)cc(-c3ccc(-c4ccc(-c5ccc(-c6cccc7c6C6(CCCCC6)c6ccccc6-7)cc5)cc4)cc3)n2)nc1. The first kappa shape index (κ1) is 32.2. The fraction of sp³-hybridized carbons (Fsp3) is 0.118. The fourth-order valence-corrected chi connectivity index (χ4v) is 9.03. The number of benzene rings is 5. The zero-order valence-corrected chi connectivity index (χ0v) is 30.1. The number of hydrogen-bond acceptors (Lipinski definition) is 3. The number of nitrogens with zero attached hydrogens (tertiary/aromatic N) is 3. The number of rotatable bonds is 6. The predicted molar refractivity (Wildman–Crippen MR) is 222 cm³/mol. The van der Waals surface area contributed by atoms with E-state index in [1.165, 1.54) is 76.6 Å². The summed E-state index contributed by atoms with van der Waals surface area (Å²) in [6.45, 7) is 0. The Morgan fingerprint density at radius 3 is 1.67 bits per heavy atom. The van der Waals surface area contributed by atoms with E-state index in [2.05, 4.69) is 143 Å². The van der Waals surface area contributed by atoms with Crippen LogP contribution in [-0.4, -0.2) is 15.0 Å². The van der Waals surface area contributed by atoms with Crippen LogP contribution in [0, 0.1) is 0 Å². The lowest BCUT2D eigenvalue weighted by Gasteiger charge is -2.37. The molecule has 0 amide bonds. The van der Waals surface area contributed by atoms with Gasteiger partial charge in [0.1, 0.15) is 0 Å². The zero-order chi connectivity index (χ0) is 35.9. The molecule has 3 heterocycles. The van der Waals surface area contributed by atoms with Crippen LogP contribution in [0.15, 0.2) is 176 Å². The molecule has 5 aromatic carbocycles. The van der Waals surface area contributed by atoms with E-state index in [9.17, 15) is 0 Å². The normalized spacial score (nSPS) is 14.1. The van der Waals surface area contributed by atoms with Crippen molar-refractivity contribution in [2.45, 2.75) is 37.5 Å². The maximum Gasteiger partial charge on any atom is 0.0899 e. The summed E-state index contributed by atoms with van der Waals surface area (Å²) in [6, 6.07) is 57.2. The van der Waals surface area contributed by atoms with Crippen LogP contribution in [0.3, 0.4) is 0 Å². The molecule has 54 heavy (non-hydrogen) atoms. The first-order valence-corrected chi connectivity index (χ1v) is 19.1. The molecule has 1 saturated carbocycles. The molecular formula is C51H39N3. The highest BCUT2D eigenvalue weighted by Gasteiger charge is 2.45. The van der Waals surface area contributed by atoms with Crippen molar-refractivity contribution in [3.05, 3.63) is 187 Å². The molecule has 0 N–H and O–H groups in total. The van der Waals surface area contributed by atoms with Gasteiger partial charge in [0.2, 0.25) is 0 Å². The highest BCUT2D eigenvalue weighted by atomic mass is 14.8. The van der Waals surface area contributed by atoms with Crippen LogP contribution < -0.4 is 0 Å². The topological polar surface area (TPSA) is 38.7 Å². The largest absolute Gasteiger partial charge is 0.264 e. The second kappa shape index (κ2) is 13.5. The van der Waals surface area contributed by atoms with Gasteiger partial charge in [0.05, 0.1) is 17.1 Å². The lowest BCUT2D eigenvalue weighted by Crippen LogP contribution is -2.28. The Labute approximate surface area is 317 Å². The Morgan fingerprint density at radius 1 is 0.389 bits per heavy atom. The third kappa shape index (κ3) is 5.64. The van der Waals surface area contributed by atoms with Gasteiger partial charge in [-0.05, 0) is 104 Å². The molecule has 2 aliphatic rings. The van der Waals surface area contributed by atoms with Gasteiger partial charge in [-0.1, -0.05) is 147 Å². The van der Waals surface area contributed by atoms with E-state index in [4.69, 9.17) is 4.98 Å². The van der Waals surface area contributed by atoms with Crippen molar-refractivity contribution in [3.63, 3.8) is 0 Å². The van der Waals surface area contributed by atoms with Crippen LogP contribution in [-0.2, 0) is 5.41 Å². The summed E-state index contributed by atoms with van der Waals surface area (Å²) >= 11 is 0. The highest BCUT2D eigenvalue weighted by Crippen LogP contribution is 2.58. The predicted octanol–water partition coefficient (Wildman–Crippen LogP) is 13.1. The summed E-state index contributed by atoms with van der Waals surface area (Å²) in [5, 5.41) is 0. The molecule has 0 unspecified atom stereocenters. The maximum atomic E-state index is 5.04. The maximum absolute atomic E-state index is 5.04. The van der Waals surface area contributed by atoms with E-state index in [0.717, 1.165) is 33.8 Å². The minimum Gasteiger partial charge on any atom is -0.264 e. The van der Waals surface area contributed by atoms with Gasteiger partial charge in [0.15, 0.2) is 0 Å². The first-order chi connectivity index (χ1) is 26.7. The molecule has 0 bridgehead atoms. The van der Waals surface area contributed by atoms with Crippen molar-refractivity contribution in [1.29, 1.82) is 0 Å². The van der Waals surface area contributed by atoms with E-state index >= 15 is 0 Å². The molecule has 10 rings (SSSR count). The van der Waals surface area contributed by atoms with Crippen molar-refractivity contribution >= 4 is 0 Å². The van der Waals surface area contributed by atoms with E-state index in [1.807, 2.05) is 36.7 Å². The highest BCUT2D eigenvalue weighted by molar-refractivity contribution is 5.89. The smallest absolute Gasteiger partial charge is 0.0899 e. The van der Waals surface area contributed by atoms with Gasteiger partial charge in [0.25, 0.3) is 0 Å². The number of aromatic nitrogens is 3. The molecule has 3 nitrogen and oxygen atoms in total. The lowest BCUT2D eigenvalue weighted by atomic mass is 9.66. The third-order valence-electron chi connectivity index (χ3n) is 11.7.